The number of hydrogen-bond acceptors (Lipinski definition) is 6. The minimum Gasteiger partial charge on any atom is -0.391 e. The molecule has 2 atom stereocenters. The maximum Gasteiger partial charge on any atom is 0.249 e. The van der Waals surface area contributed by atoms with Gasteiger partial charge in [-0.05, 0) is 48.8 Å². The van der Waals surface area contributed by atoms with Crippen molar-refractivity contribution in [2.75, 3.05) is 11.6 Å². The van der Waals surface area contributed by atoms with E-state index in [1.165, 1.54) is 0 Å². The highest BCUT2D eigenvalue weighted by atomic mass is 127. The number of aromatic nitrogens is 2. The molecule has 1 aliphatic carbocycles. The standard InChI is InChI=1S/C11H16IN3O3S/c1-6-9(12)10(14-7-4-3-5-8(7)16)15-11(13-6)19(2,17)18/h7-8,16H,3-5H2,1-2H3,(H,13,14,15)/t7-,8-/m1/s1. The topological polar surface area (TPSA) is 92.2 Å². The Morgan fingerprint density at radius 3 is 2.58 bits per heavy atom. The van der Waals surface area contributed by atoms with E-state index < -0.39 is 15.9 Å². The number of nitrogens with one attached hydrogen (secondary N) is 1. The van der Waals surface area contributed by atoms with E-state index in [9.17, 15) is 13.5 Å². The molecule has 8 heteroatoms. The Hall–Kier alpha value is -0.480. The van der Waals surface area contributed by atoms with E-state index in [4.69, 9.17) is 0 Å². The molecular weight excluding hydrogens is 381 g/mol. The number of aliphatic hydroxyl groups is 1. The van der Waals surface area contributed by atoms with Gasteiger partial charge in [0.2, 0.25) is 15.0 Å². The lowest BCUT2D eigenvalue weighted by molar-refractivity contribution is 0.171. The molecule has 1 saturated carbocycles. The summed E-state index contributed by atoms with van der Waals surface area (Å²) in [7, 11) is -3.44. The summed E-state index contributed by atoms with van der Waals surface area (Å²) >= 11 is 2.08. The molecule has 6 nitrogen and oxygen atoms in total. The third kappa shape index (κ3) is 3.34. The lowest BCUT2D eigenvalue weighted by atomic mass is 10.2. The van der Waals surface area contributed by atoms with Crippen LogP contribution in [0.3, 0.4) is 0 Å². The zero-order valence-electron chi connectivity index (χ0n) is 10.7. The van der Waals surface area contributed by atoms with Crippen molar-refractivity contribution in [1.82, 2.24) is 9.97 Å². The van der Waals surface area contributed by atoms with E-state index in [2.05, 4.69) is 37.9 Å². The maximum absolute atomic E-state index is 11.5. The zero-order valence-corrected chi connectivity index (χ0v) is 13.7. The molecule has 0 saturated heterocycles. The predicted molar refractivity (Wildman–Crippen MR) is 79.9 cm³/mol. The first-order chi connectivity index (χ1) is 8.79. The molecule has 0 amide bonds. The summed E-state index contributed by atoms with van der Waals surface area (Å²) in [5, 5.41) is 12.8. The quantitative estimate of drug-likeness (QED) is 0.587. The predicted octanol–water partition coefficient (Wildman–Crippen LogP) is 1.12. The molecule has 2 rings (SSSR count). The number of aryl methyl sites for hydroxylation is 1. The van der Waals surface area contributed by atoms with E-state index >= 15 is 0 Å². The number of rotatable bonds is 3. The molecule has 2 N–H and O–H groups in total. The van der Waals surface area contributed by atoms with Crippen molar-refractivity contribution in [1.29, 1.82) is 0 Å². The van der Waals surface area contributed by atoms with Gasteiger partial charge in [0, 0.05) is 6.26 Å². The van der Waals surface area contributed by atoms with E-state index in [1.807, 2.05) is 0 Å². The number of hydrogen-bond donors (Lipinski definition) is 2. The van der Waals surface area contributed by atoms with Crippen LogP contribution in [0.4, 0.5) is 5.82 Å². The van der Waals surface area contributed by atoms with Crippen LogP contribution in [0.15, 0.2) is 5.16 Å². The highest BCUT2D eigenvalue weighted by molar-refractivity contribution is 14.1. The Morgan fingerprint density at radius 2 is 2.05 bits per heavy atom. The van der Waals surface area contributed by atoms with Crippen molar-refractivity contribution in [3.8, 4) is 0 Å². The van der Waals surface area contributed by atoms with Crippen LogP contribution < -0.4 is 5.32 Å². The zero-order chi connectivity index (χ0) is 14.2. The monoisotopic (exact) mass is 397 g/mol. The van der Waals surface area contributed by atoms with Crippen LogP contribution in [0.25, 0.3) is 0 Å². The molecule has 1 heterocycles. The fourth-order valence-corrected chi connectivity index (χ4v) is 3.04. The second-order valence-corrected chi connectivity index (χ2v) is 7.76. The van der Waals surface area contributed by atoms with Crippen molar-refractivity contribution in [2.24, 2.45) is 0 Å². The van der Waals surface area contributed by atoms with Crippen LogP contribution in [-0.2, 0) is 9.84 Å². The van der Waals surface area contributed by atoms with Gasteiger partial charge in [-0.1, -0.05) is 0 Å². The lowest BCUT2D eigenvalue weighted by Gasteiger charge is -2.18. The summed E-state index contributed by atoms with van der Waals surface area (Å²) in [4.78, 5) is 8.06. The summed E-state index contributed by atoms with van der Waals surface area (Å²) in [6.07, 6.45) is 3.25. The van der Waals surface area contributed by atoms with Crippen LogP contribution >= 0.6 is 22.6 Å². The molecule has 0 aromatic carbocycles. The molecule has 0 aliphatic heterocycles. The van der Waals surface area contributed by atoms with E-state index in [-0.39, 0.29) is 11.2 Å². The van der Waals surface area contributed by atoms with Gasteiger partial charge >= 0.3 is 0 Å². The van der Waals surface area contributed by atoms with Crippen molar-refractivity contribution in [2.45, 2.75) is 43.5 Å². The lowest BCUT2D eigenvalue weighted by Crippen LogP contribution is -2.29. The first kappa shape index (κ1) is 14.9. The van der Waals surface area contributed by atoms with Crippen LogP contribution in [0, 0.1) is 10.5 Å². The summed E-state index contributed by atoms with van der Waals surface area (Å²) in [5.41, 5.74) is 0.617. The third-order valence-electron chi connectivity index (χ3n) is 3.13. The van der Waals surface area contributed by atoms with Crippen molar-refractivity contribution in [3.63, 3.8) is 0 Å². The molecular formula is C11H16IN3O3S. The second kappa shape index (κ2) is 5.49. The first-order valence-electron chi connectivity index (χ1n) is 5.98. The normalized spacial score (nSPS) is 23.6. The van der Waals surface area contributed by atoms with Crippen molar-refractivity contribution in [3.05, 3.63) is 9.26 Å². The van der Waals surface area contributed by atoms with Gasteiger partial charge in [0.1, 0.15) is 5.82 Å². The minimum atomic E-state index is -3.44. The number of sulfone groups is 1. The average Bonchev–Trinajstić information content (AvgIpc) is 2.69. The van der Waals surface area contributed by atoms with Gasteiger partial charge < -0.3 is 10.4 Å². The number of nitrogens with zero attached hydrogens (tertiary/aromatic N) is 2. The molecule has 1 aromatic rings. The number of anilines is 1. The second-order valence-electron chi connectivity index (χ2n) is 4.78. The molecule has 0 spiro atoms. The van der Waals surface area contributed by atoms with Crippen LogP contribution in [0.5, 0.6) is 0 Å². The summed E-state index contributed by atoms with van der Waals surface area (Å²) in [5.74, 6) is 0.486. The molecule has 1 aliphatic rings. The van der Waals surface area contributed by atoms with Gasteiger partial charge in [-0.2, -0.15) is 4.98 Å². The molecule has 1 aromatic heterocycles. The van der Waals surface area contributed by atoms with Crippen molar-refractivity contribution >= 4 is 38.2 Å². The molecule has 1 fully saturated rings. The van der Waals surface area contributed by atoms with Crippen LogP contribution in [-0.4, -0.2) is 41.9 Å². The highest BCUT2D eigenvalue weighted by Gasteiger charge is 2.27. The largest absolute Gasteiger partial charge is 0.391 e. The van der Waals surface area contributed by atoms with Crippen LogP contribution in [0.1, 0.15) is 25.0 Å². The number of aliphatic hydroxyl groups excluding tert-OH is 1. The van der Waals surface area contributed by atoms with Gasteiger partial charge in [-0.3, -0.25) is 0 Å². The Morgan fingerprint density at radius 1 is 1.37 bits per heavy atom. The molecule has 0 bridgehead atoms. The SMILES string of the molecule is Cc1nc(S(C)(=O)=O)nc(N[C@@H]2CCC[C@H]2O)c1I. The van der Waals surface area contributed by atoms with Gasteiger partial charge in [-0.25, -0.2) is 13.4 Å². The van der Waals surface area contributed by atoms with Gasteiger partial charge in [0.25, 0.3) is 0 Å². The fraction of sp³-hybridized carbons (Fsp3) is 0.636. The summed E-state index contributed by atoms with van der Waals surface area (Å²) in [6.45, 7) is 1.74. The summed E-state index contributed by atoms with van der Waals surface area (Å²) < 4.78 is 23.9. The Kier molecular flexibility index (Phi) is 4.31. The Labute approximate surface area is 126 Å². The Bertz CT molecular complexity index is 591. The van der Waals surface area contributed by atoms with Gasteiger partial charge in [-0.15, -0.1) is 0 Å². The van der Waals surface area contributed by atoms with E-state index in [1.54, 1.807) is 6.92 Å². The molecule has 19 heavy (non-hydrogen) atoms. The van der Waals surface area contributed by atoms with Crippen molar-refractivity contribution < 1.29 is 13.5 Å². The molecule has 106 valence electrons. The third-order valence-corrected chi connectivity index (χ3v) is 5.27. The fourth-order valence-electron chi connectivity index (χ4n) is 2.08. The highest BCUT2D eigenvalue weighted by Crippen LogP contribution is 2.26. The average molecular weight is 397 g/mol. The molecule has 0 unspecified atom stereocenters. The minimum absolute atomic E-state index is 0.0739. The van der Waals surface area contributed by atoms with E-state index in [0.29, 0.717) is 11.5 Å². The smallest absolute Gasteiger partial charge is 0.249 e. The van der Waals surface area contributed by atoms with Gasteiger partial charge in [0.05, 0.1) is 21.4 Å². The first-order valence-corrected chi connectivity index (χ1v) is 8.95. The molecule has 0 radical (unpaired) electrons. The maximum atomic E-state index is 11.5. The van der Waals surface area contributed by atoms with Gasteiger partial charge in [0.15, 0.2) is 0 Å². The summed E-state index contributed by atoms with van der Waals surface area (Å²) in [6, 6.07) is -0.0739. The Balaban J connectivity index is 2.36. The van der Waals surface area contributed by atoms with Crippen LogP contribution in [0.2, 0.25) is 0 Å². The number of halogens is 1. The van der Waals surface area contributed by atoms with E-state index in [0.717, 1.165) is 29.1 Å².